The summed E-state index contributed by atoms with van der Waals surface area (Å²) in [5, 5.41) is 2.76. The van der Waals surface area contributed by atoms with Gasteiger partial charge in [0.15, 0.2) is 0 Å². The van der Waals surface area contributed by atoms with Crippen molar-refractivity contribution < 1.29 is 37.8 Å². The Morgan fingerprint density at radius 1 is 1.21 bits per heavy atom. The van der Waals surface area contributed by atoms with Gasteiger partial charge in [0.1, 0.15) is 29.1 Å². The second kappa shape index (κ2) is 10.3. The van der Waals surface area contributed by atoms with Crippen LogP contribution in [0.5, 0.6) is 0 Å². The molecule has 4 rings (SSSR count). The molecule has 1 aromatic carbocycles. The number of fused-ring (bicyclic) bond motifs is 1. The molecule has 3 amide bonds. The number of nitrogens with zero attached hydrogens (tertiary/aromatic N) is 2. The maximum Gasteiger partial charge on any atom is 0.411 e. The number of hydrogen-bond acceptors (Lipinski definition) is 7. The summed E-state index contributed by atoms with van der Waals surface area (Å²) in [5.41, 5.74) is -0.927. The van der Waals surface area contributed by atoms with Crippen LogP contribution in [0, 0.1) is 11.7 Å². The molecule has 1 saturated heterocycles. The number of amides is 3. The van der Waals surface area contributed by atoms with Crippen molar-refractivity contribution in [2.45, 2.75) is 76.9 Å². The summed E-state index contributed by atoms with van der Waals surface area (Å²) in [6.07, 6.45) is -0.305. The van der Waals surface area contributed by atoms with Gasteiger partial charge in [-0.05, 0) is 45.7 Å². The lowest BCUT2D eigenvalue weighted by atomic mass is 10.1. The molecule has 0 bridgehead atoms. The van der Waals surface area contributed by atoms with Crippen molar-refractivity contribution >= 4 is 24.1 Å². The number of halogens is 1. The molecule has 0 aromatic heterocycles. The van der Waals surface area contributed by atoms with Crippen molar-refractivity contribution in [3.05, 3.63) is 47.8 Å². The van der Waals surface area contributed by atoms with Crippen LogP contribution in [-0.2, 0) is 36.9 Å². The minimum Gasteiger partial charge on any atom is -0.464 e. The van der Waals surface area contributed by atoms with Gasteiger partial charge in [0.05, 0.1) is 19.7 Å². The van der Waals surface area contributed by atoms with Gasteiger partial charge in [0.2, 0.25) is 5.91 Å². The van der Waals surface area contributed by atoms with Gasteiger partial charge in [0, 0.05) is 24.4 Å². The predicted molar refractivity (Wildman–Crippen MR) is 133 cm³/mol. The molecule has 0 spiro atoms. The number of esters is 1. The standard InChI is InChI=1S/C27H34FN3O7/c1-6-17-12-27(17,23(33)36-7-2)29-22(32)21-11-18(14-31(21)25(35)38-26(3,4)5)37-24(34)30-13-16-9-8-10-20(28)19(16)15-30/h6,8-10,17-18,21H,1,7,11-15H2,2-5H3,(H,29,32)/t17?,18-,21+,27-/m1/s1. The van der Waals surface area contributed by atoms with Crippen LogP contribution in [0.15, 0.2) is 30.9 Å². The molecule has 38 heavy (non-hydrogen) atoms. The monoisotopic (exact) mass is 531 g/mol. The molecule has 10 nitrogen and oxygen atoms in total. The van der Waals surface area contributed by atoms with Crippen LogP contribution in [0.2, 0.25) is 0 Å². The van der Waals surface area contributed by atoms with E-state index in [1.54, 1.807) is 45.9 Å². The first-order chi connectivity index (χ1) is 17.9. The SMILES string of the molecule is C=CC1C[C@]1(NC(=O)[C@@H]1C[C@@H](OC(=O)N2Cc3cccc(F)c3C2)CN1C(=O)OC(C)(C)C)C(=O)OCC. The highest BCUT2D eigenvalue weighted by atomic mass is 19.1. The van der Waals surface area contributed by atoms with E-state index in [1.807, 2.05) is 0 Å². The van der Waals surface area contributed by atoms with Crippen LogP contribution in [0.3, 0.4) is 0 Å². The van der Waals surface area contributed by atoms with E-state index in [0.29, 0.717) is 17.5 Å². The molecule has 2 fully saturated rings. The molecule has 3 aliphatic rings. The zero-order valence-electron chi connectivity index (χ0n) is 22.1. The van der Waals surface area contributed by atoms with Gasteiger partial charge in [-0.3, -0.25) is 14.6 Å². The molecule has 4 atom stereocenters. The van der Waals surface area contributed by atoms with Gasteiger partial charge < -0.3 is 19.5 Å². The molecule has 0 radical (unpaired) electrons. The van der Waals surface area contributed by atoms with Crippen molar-refractivity contribution in [1.82, 2.24) is 15.1 Å². The smallest absolute Gasteiger partial charge is 0.411 e. The van der Waals surface area contributed by atoms with Crippen molar-refractivity contribution in [2.24, 2.45) is 5.92 Å². The van der Waals surface area contributed by atoms with E-state index in [-0.39, 0.29) is 44.4 Å². The molecule has 1 aliphatic carbocycles. The van der Waals surface area contributed by atoms with Gasteiger partial charge in [-0.2, -0.15) is 0 Å². The fourth-order valence-corrected chi connectivity index (χ4v) is 4.95. The van der Waals surface area contributed by atoms with Crippen molar-refractivity contribution in [1.29, 1.82) is 0 Å². The van der Waals surface area contributed by atoms with Crippen LogP contribution < -0.4 is 5.32 Å². The highest BCUT2D eigenvalue weighted by molar-refractivity contribution is 5.95. The maximum absolute atomic E-state index is 14.1. The molecule has 1 saturated carbocycles. The first kappa shape index (κ1) is 27.4. The molecule has 1 N–H and O–H groups in total. The summed E-state index contributed by atoms with van der Waals surface area (Å²) in [6.45, 7) is 10.8. The number of carbonyl (C=O) groups is 4. The van der Waals surface area contributed by atoms with Gasteiger partial charge in [0.25, 0.3) is 0 Å². The van der Waals surface area contributed by atoms with Gasteiger partial charge in [-0.25, -0.2) is 18.8 Å². The van der Waals surface area contributed by atoms with Crippen LogP contribution in [0.1, 0.15) is 51.7 Å². The van der Waals surface area contributed by atoms with Gasteiger partial charge >= 0.3 is 18.2 Å². The third-order valence-corrected chi connectivity index (χ3v) is 6.93. The minimum atomic E-state index is -1.24. The van der Waals surface area contributed by atoms with Crippen molar-refractivity contribution in [3.63, 3.8) is 0 Å². The summed E-state index contributed by atoms with van der Waals surface area (Å²) in [6, 6.07) is 3.63. The molecule has 11 heteroatoms. The Morgan fingerprint density at radius 3 is 2.55 bits per heavy atom. The number of nitrogens with one attached hydrogen (secondary N) is 1. The fraction of sp³-hybridized carbons (Fsp3) is 0.556. The molecule has 1 aromatic rings. The lowest BCUT2D eigenvalue weighted by Gasteiger charge is -2.28. The quantitative estimate of drug-likeness (QED) is 0.340. The summed E-state index contributed by atoms with van der Waals surface area (Å²) in [7, 11) is 0. The minimum absolute atomic E-state index is 0.00360. The highest BCUT2D eigenvalue weighted by Gasteiger charge is 2.62. The van der Waals surface area contributed by atoms with Gasteiger partial charge in [-0.1, -0.05) is 18.2 Å². The number of likely N-dealkylation sites (tertiary alicyclic amines) is 1. The highest BCUT2D eigenvalue weighted by Crippen LogP contribution is 2.45. The second-order valence-electron chi connectivity index (χ2n) is 10.9. The van der Waals surface area contributed by atoms with Gasteiger partial charge in [-0.15, -0.1) is 6.58 Å². The number of rotatable bonds is 6. The summed E-state index contributed by atoms with van der Waals surface area (Å²) in [4.78, 5) is 54.6. The Kier molecular flexibility index (Phi) is 7.40. The molecular weight excluding hydrogens is 497 g/mol. The maximum atomic E-state index is 14.1. The van der Waals surface area contributed by atoms with Crippen molar-refractivity contribution in [2.75, 3.05) is 13.2 Å². The lowest BCUT2D eigenvalue weighted by Crippen LogP contribution is -2.53. The second-order valence-corrected chi connectivity index (χ2v) is 10.9. The summed E-state index contributed by atoms with van der Waals surface area (Å²) < 4.78 is 30.4. The first-order valence-corrected chi connectivity index (χ1v) is 12.7. The van der Waals surface area contributed by atoms with E-state index >= 15 is 0 Å². The molecule has 206 valence electrons. The average Bonchev–Trinajstić information content (AvgIpc) is 3.15. The van der Waals surface area contributed by atoms with Crippen molar-refractivity contribution in [3.8, 4) is 0 Å². The van der Waals surface area contributed by atoms with E-state index in [4.69, 9.17) is 14.2 Å². The predicted octanol–water partition coefficient (Wildman–Crippen LogP) is 3.28. The Labute approximate surface area is 221 Å². The van der Waals surface area contributed by atoms with Crippen LogP contribution in [0.25, 0.3) is 0 Å². The number of carbonyl (C=O) groups excluding carboxylic acids is 4. The Balaban J connectivity index is 1.47. The zero-order chi connectivity index (χ0) is 27.8. The van der Waals surface area contributed by atoms with E-state index in [0.717, 1.165) is 0 Å². The first-order valence-electron chi connectivity index (χ1n) is 12.7. The Morgan fingerprint density at radius 2 is 1.95 bits per heavy atom. The number of benzene rings is 1. The third-order valence-electron chi connectivity index (χ3n) is 6.93. The topological polar surface area (TPSA) is 114 Å². The lowest BCUT2D eigenvalue weighted by molar-refractivity contribution is -0.149. The van der Waals surface area contributed by atoms with E-state index in [2.05, 4.69) is 11.9 Å². The third kappa shape index (κ3) is 5.46. The molecule has 2 aliphatic heterocycles. The van der Waals surface area contributed by atoms with Crippen LogP contribution in [0.4, 0.5) is 14.0 Å². The van der Waals surface area contributed by atoms with Crippen LogP contribution >= 0.6 is 0 Å². The van der Waals surface area contributed by atoms with E-state index < -0.39 is 47.3 Å². The number of hydrogen-bond donors (Lipinski definition) is 1. The Bertz CT molecular complexity index is 1150. The zero-order valence-corrected chi connectivity index (χ0v) is 22.1. The average molecular weight is 532 g/mol. The molecular formula is C27H34FN3O7. The largest absolute Gasteiger partial charge is 0.464 e. The summed E-state index contributed by atoms with van der Waals surface area (Å²) in [5.74, 6) is -1.83. The molecule has 1 unspecified atom stereocenters. The normalized spacial score (nSPS) is 25.9. The Hall–Kier alpha value is -3.63. The van der Waals surface area contributed by atoms with E-state index in [9.17, 15) is 23.6 Å². The van der Waals surface area contributed by atoms with Crippen LogP contribution in [-0.4, -0.2) is 70.3 Å². The fourth-order valence-electron chi connectivity index (χ4n) is 4.95. The van der Waals surface area contributed by atoms with E-state index in [1.165, 1.54) is 15.9 Å². The summed E-state index contributed by atoms with van der Waals surface area (Å²) >= 11 is 0. The number of ether oxygens (including phenoxy) is 3. The molecule has 2 heterocycles.